The molecule has 0 spiro atoms. The van der Waals surface area contributed by atoms with Crippen LogP contribution in [0.1, 0.15) is 23.7 Å². The van der Waals surface area contributed by atoms with Crippen molar-refractivity contribution in [3.63, 3.8) is 0 Å². The molecule has 0 aliphatic carbocycles. The maximum atomic E-state index is 12.0. The molecule has 0 atom stereocenters. The second kappa shape index (κ2) is 10.9. The van der Waals surface area contributed by atoms with Gasteiger partial charge in [-0.05, 0) is 55.5 Å². The molecule has 0 radical (unpaired) electrons. The summed E-state index contributed by atoms with van der Waals surface area (Å²) in [4.78, 5) is 35.3. The summed E-state index contributed by atoms with van der Waals surface area (Å²) in [6.07, 6.45) is 0.134. The van der Waals surface area contributed by atoms with Crippen LogP contribution in [0.3, 0.4) is 0 Å². The van der Waals surface area contributed by atoms with Crippen molar-refractivity contribution in [2.24, 2.45) is 0 Å². The highest BCUT2D eigenvalue weighted by Crippen LogP contribution is 2.15. The quantitative estimate of drug-likeness (QED) is 0.599. The fraction of sp³-hybridized carbons (Fsp3) is 0.250. The summed E-state index contributed by atoms with van der Waals surface area (Å²) in [6.45, 7) is 2.53. The first-order valence-corrected chi connectivity index (χ1v) is 9.19. The maximum Gasteiger partial charge on any atom is 0.257 e. The van der Waals surface area contributed by atoms with Crippen molar-refractivity contribution < 1.29 is 19.1 Å². The summed E-state index contributed by atoms with van der Waals surface area (Å²) in [5.74, 6) is -0.162. The normalized spacial score (nSPS) is 10.1. The Labute approximate surface area is 168 Å². The number of ether oxygens (including phenoxy) is 1. The number of halogens is 1. The molecule has 7 nitrogen and oxygen atoms in total. The Morgan fingerprint density at radius 1 is 0.929 bits per heavy atom. The van der Waals surface area contributed by atoms with Gasteiger partial charge in [0, 0.05) is 35.8 Å². The SMILES string of the molecule is CCNC(=O)COc1ccc(NC(=O)CCNC(=O)c2ccc(Cl)cc2)cc1. The van der Waals surface area contributed by atoms with E-state index in [1.807, 2.05) is 6.92 Å². The van der Waals surface area contributed by atoms with Crippen LogP contribution in [0.15, 0.2) is 48.5 Å². The fourth-order valence-corrected chi connectivity index (χ4v) is 2.37. The molecule has 0 fully saturated rings. The monoisotopic (exact) mass is 403 g/mol. The van der Waals surface area contributed by atoms with Crippen molar-refractivity contribution in [3.05, 3.63) is 59.1 Å². The van der Waals surface area contributed by atoms with Gasteiger partial charge in [0.1, 0.15) is 5.75 Å². The third-order valence-electron chi connectivity index (χ3n) is 3.63. The van der Waals surface area contributed by atoms with Gasteiger partial charge in [0.25, 0.3) is 11.8 Å². The third kappa shape index (κ3) is 7.28. The Balaban J connectivity index is 1.71. The van der Waals surface area contributed by atoms with E-state index in [2.05, 4.69) is 16.0 Å². The lowest BCUT2D eigenvalue weighted by Crippen LogP contribution is -2.28. The Hall–Kier alpha value is -3.06. The van der Waals surface area contributed by atoms with Gasteiger partial charge in [0.2, 0.25) is 5.91 Å². The number of likely N-dealkylation sites (N-methyl/N-ethyl adjacent to an activating group) is 1. The van der Waals surface area contributed by atoms with Gasteiger partial charge in [-0.1, -0.05) is 11.6 Å². The van der Waals surface area contributed by atoms with Crippen LogP contribution in [0, 0.1) is 0 Å². The van der Waals surface area contributed by atoms with Gasteiger partial charge in [0.05, 0.1) is 0 Å². The minimum absolute atomic E-state index is 0.0626. The zero-order valence-corrected chi connectivity index (χ0v) is 16.2. The van der Waals surface area contributed by atoms with E-state index >= 15 is 0 Å². The Morgan fingerprint density at radius 2 is 1.61 bits per heavy atom. The minimum Gasteiger partial charge on any atom is -0.484 e. The molecule has 28 heavy (non-hydrogen) atoms. The highest BCUT2D eigenvalue weighted by molar-refractivity contribution is 6.30. The van der Waals surface area contributed by atoms with Gasteiger partial charge in [0.15, 0.2) is 6.61 Å². The average Bonchev–Trinajstić information content (AvgIpc) is 2.68. The van der Waals surface area contributed by atoms with Crippen molar-refractivity contribution in [3.8, 4) is 5.75 Å². The average molecular weight is 404 g/mol. The molecule has 0 saturated carbocycles. The first-order chi connectivity index (χ1) is 13.5. The predicted octanol–water partition coefficient (Wildman–Crippen LogP) is 2.61. The third-order valence-corrected chi connectivity index (χ3v) is 3.88. The number of amides is 3. The van der Waals surface area contributed by atoms with Gasteiger partial charge < -0.3 is 20.7 Å². The fourth-order valence-electron chi connectivity index (χ4n) is 2.25. The predicted molar refractivity (Wildman–Crippen MR) is 108 cm³/mol. The van der Waals surface area contributed by atoms with Crippen LogP contribution < -0.4 is 20.7 Å². The van der Waals surface area contributed by atoms with E-state index in [1.54, 1.807) is 48.5 Å². The van der Waals surface area contributed by atoms with Crippen molar-refractivity contribution in [1.29, 1.82) is 0 Å². The van der Waals surface area contributed by atoms with Crippen molar-refractivity contribution >= 4 is 35.0 Å². The minimum atomic E-state index is -0.266. The number of hydrogen-bond donors (Lipinski definition) is 3. The first-order valence-electron chi connectivity index (χ1n) is 8.81. The number of hydrogen-bond acceptors (Lipinski definition) is 4. The Bertz CT molecular complexity index is 807. The molecular weight excluding hydrogens is 382 g/mol. The molecule has 2 rings (SSSR count). The number of rotatable bonds is 9. The highest BCUT2D eigenvalue weighted by Gasteiger charge is 2.07. The standard InChI is InChI=1S/C20H22ClN3O4/c1-2-22-19(26)13-28-17-9-7-16(8-10-17)24-18(25)11-12-23-20(27)14-3-5-15(21)6-4-14/h3-10H,2,11-13H2,1H3,(H,22,26)(H,23,27)(H,24,25). The van der Waals surface area contributed by atoms with E-state index in [0.717, 1.165) is 0 Å². The smallest absolute Gasteiger partial charge is 0.257 e. The van der Waals surface area contributed by atoms with Crippen LogP contribution in [-0.2, 0) is 9.59 Å². The molecule has 0 bridgehead atoms. The van der Waals surface area contributed by atoms with Gasteiger partial charge in [-0.15, -0.1) is 0 Å². The van der Waals surface area contributed by atoms with Gasteiger partial charge in [-0.25, -0.2) is 0 Å². The number of carbonyl (C=O) groups is 3. The van der Waals surface area contributed by atoms with Crippen molar-refractivity contribution in [2.75, 3.05) is 25.0 Å². The molecule has 0 saturated heterocycles. The van der Waals surface area contributed by atoms with Crippen LogP contribution >= 0.6 is 11.6 Å². The van der Waals surface area contributed by atoms with Crippen LogP contribution in [0.2, 0.25) is 5.02 Å². The molecular formula is C20H22ClN3O4. The molecule has 3 amide bonds. The summed E-state index contributed by atoms with van der Waals surface area (Å²) in [7, 11) is 0. The summed E-state index contributed by atoms with van der Waals surface area (Å²) in [6, 6.07) is 13.2. The molecule has 0 aliphatic heterocycles. The zero-order valence-electron chi connectivity index (χ0n) is 15.5. The number of nitrogens with one attached hydrogen (secondary N) is 3. The zero-order chi connectivity index (χ0) is 20.4. The molecule has 2 aromatic carbocycles. The molecule has 0 unspecified atom stereocenters. The van der Waals surface area contributed by atoms with Gasteiger partial charge in [-0.2, -0.15) is 0 Å². The van der Waals surface area contributed by atoms with E-state index in [1.165, 1.54) is 0 Å². The van der Waals surface area contributed by atoms with E-state index in [0.29, 0.717) is 28.6 Å². The first kappa shape index (κ1) is 21.2. The lowest BCUT2D eigenvalue weighted by atomic mass is 10.2. The number of benzene rings is 2. The summed E-state index contributed by atoms with van der Waals surface area (Å²) < 4.78 is 5.34. The molecule has 0 heterocycles. The van der Waals surface area contributed by atoms with Gasteiger partial charge in [-0.3, -0.25) is 14.4 Å². The highest BCUT2D eigenvalue weighted by atomic mass is 35.5. The van der Waals surface area contributed by atoms with Gasteiger partial charge >= 0.3 is 0 Å². The molecule has 8 heteroatoms. The van der Waals surface area contributed by atoms with Crippen LogP contribution in [0.4, 0.5) is 5.69 Å². The number of carbonyl (C=O) groups excluding carboxylic acids is 3. The Morgan fingerprint density at radius 3 is 2.25 bits per heavy atom. The van der Waals surface area contributed by atoms with E-state index in [4.69, 9.17) is 16.3 Å². The maximum absolute atomic E-state index is 12.0. The van der Waals surface area contributed by atoms with Crippen LogP contribution in [0.5, 0.6) is 5.75 Å². The molecule has 3 N–H and O–H groups in total. The van der Waals surface area contributed by atoms with Crippen LogP contribution in [-0.4, -0.2) is 37.4 Å². The second-order valence-corrected chi connectivity index (χ2v) is 6.26. The van der Waals surface area contributed by atoms with Crippen molar-refractivity contribution in [1.82, 2.24) is 10.6 Å². The summed E-state index contributed by atoms with van der Waals surface area (Å²) in [5, 5.41) is 8.60. The largest absolute Gasteiger partial charge is 0.484 e. The summed E-state index contributed by atoms with van der Waals surface area (Å²) >= 11 is 5.78. The molecule has 2 aromatic rings. The number of anilines is 1. The van der Waals surface area contributed by atoms with E-state index in [-0.39, 0.29) is 37.3 Å². The topological polar surface area (TPSA) is 96.5 Å². The molecule has 0 aliphatic rings. The molecule has 148 valence electrons. The second-order valence-electron chi connectivity index (χ2n) is 5.83. The van der Waals surface area contributed by atoms with E-state index in [9.17, 15) is 14.4 Å². The molecule has 0 aromatic heterocycles. The lowest BCUT2D eigenvalue weighted by Gasteiger charge is -2.09. The Kier molecular flexibility index (Phi) is 8.30. The van der Waals surface area contributed by atoms with Crippen LogP contribution in [0.25, 0.3) is 0 Å². The summed E-state index contributed by atoms with van der Waals surface area (Å²) in [5.41, 5.74) is 1.08. The van der Waals surface area contributed by atoms with Crippen molar-refractivity contribution in [2.45, 2.75) is 13.3 Å². The lowest BCUT2D eigenvalue weighted by molar-refractivity contribution is -0.123. The van der Waals surface area contributed by atoms with E-state index < -0.39 is 0 Å².